The number of rotatable bonds is 5. The quantitative estimate of drug-likeness (QED) is 0.638. The minimum Gasteiger partial charge on any atom is -0.494 e. The van der Waals surface area contributed by atoms with Gasteiger partial charge in [0.1, 0.15) is 0 Å². The van der Waals surface area contributed by atoms with E-state index in [1.807, 2.05) is 0 Å². The summed E-state index contributed by atoms with van der Waals surface area (Å²) in [5.41, 5.74) is 12.4. The van der Waals surface area contributed by atoms with Crippen molar-refractivity contribution < 1.29 is 18.7 Å². The fraction of sp³-hybridized carbons (Fsp3) is 0.0556. The van der Waals surface area contributed by atoms with E-state index in [0.717, 1.165) is 5.56 Å². The zero-order valence-electron chi connectivity index (χ0n) is 14.3. The lowest BCUT2D eigenvalue weighted by Gasteiger charge is -2.07. The minimum absolute atomic E-state index is 0.108. The molecule has 2 aromatic carbocycles. The van der Waals surface area contributed by atoms with Crippen LogP contribution in [0.5, 0.6) is 5.75 Å². The number of nitrogens with zero attached hydrogens (tertiary/aromatic N) is 2. The van der Waals surface area contributed by atoms with Crippen LogP contribution in [0.25, 0.3) is 16.8 Å². The molecule has 3 amide bonds. The Labute approximate surface area is 153 Å². The number of aromatic nitrogens is 2. The van der Waals surface area contributed by atoms with E-state index in [9.17, 15) is 14.0 Å². The third-order valence-corrected chi connectivity index (χ3v) is 3.82. The number of carbonyl (C=O) groups is 2. The first-order valence-electron chi connectivity index (χ1n) is 7.79. The number of hydrogen-bond acceptors (Lipinski definition) is 4. The average Bonchev–Trinajstić information content (AvgIpc) is 3.05. The molecule has 0 spiro atoms. The third kappa shape index (κ3) is 3.71. The lowest BCUT2D eigenvalue weighted by Crippen LogP contribution is -2.22. The highest BCUT2D eigenvalue weighted by Crippen LogP contribution is 2.26. The molecule has 8 nitrogen and oxygen atoms in total. The van der Waals surface area contributed by atoms with Gasteiger partial charge in [-0.2, -0.15) is 5.10 Å². The predicted molar refractivity (Wildman–Crippen MR) is 97.2 cm³/mol. The summed E-state index contributed by atoms with van der Waals surface area (Å²) in [6.45, 7) is 0. The maximum Gasteiger partial charge on any atom is 0.316 e. The Hall–Kier alpha value is -3.88. The highest BCUT2D eigenvalue weighted by molar-refractivity contribution is 6.00. The van der Waals surface area contributed by atoms with E-state index in [0.29, 0.717) is 11.3 Å². The maximum absolute atomic E-state index is 13.9. The largest absolute Gasteiger partial charge is 0.494 e. The van der Waals surface area contributed by atoms with Gasteiger partial charge in [-0.1, -0.05) is 18.2 Å². The fourth-order valence-electron chi connectivity index (χ4n) is 2.56. The highest BCUT2D eigenvalue weighted by atomic mass is 19.1. The topological polar surface area (TPSA) is 125 Å². The molecule has 3 rings (SSSR count). The lowest BCUT2D eigenvalue weighted by atomic mass is 10.1. The number of urea groups is 1. The summed E-state index contributed by atoms with van der Waals surface area (Å²) < 4.78 is 20.2. The van der Waals surface area contributed by atoms with Crippen molar-refractivity contribution in [3.63, 3.8) is 0 Å². The van der Waals surface area contributed by atoms with Gasteiger partial charge in [-0.05, 0) is 35.4 Å². The minimum atomic E-state index is -0.839. The van der Waals surface area contributed by atoms with Crippen LogP contribution in [0.3, 0.4) is 0 Å². The van der Waals surface area contributed by atoms with Gasteiger partial charge in [-0.15, -0.1) is 0 Å². The molecule has 0 saturated carbocycles. The fourth-order valence-corrected chi connectivity index (χ4v) is 2.56. The standard InChI is InChI=1S/C18H16FN5O3/c1-27-15-7-4-11(8-13(15)19)10-2-5-12(6-3-10)24-9-14(22-18(21)26)16(23-24)17(20)25/h2-9H,1H3,(H2,20,25)(H3,21,22,26). The zero-order valence-corrected chi connectivity index (χ0v) is 14.3. The van der Waals surface area contributed by atoms with Crippen molar-refractivity contribution in [3.05, 3.63) is 60.2 Å². The number of hydrogen-bond donors (Lipinski definition) is 3. The number of benzene rings is 2. The van der Waals surface area contributed by atoms with Gasteiger partial charge in [0, 0.05) is 0 Å². The van der Waals surface area contributed by atoms with Gasteiger partial charge in [0.15, 0.2) is 17.3 Å². The van der Waals surface area contributed by atoms with E-state index in [1.165, 1.54) is 24.1 Å². The monoisotopic (exact) mass is 369 g/mol. The van der Waals surface area contributed by atoms with Crippen LogP contribution in [0.2, 0.25) is 0 Å². The lowest BCUT2D eigenvalue weighted by molar-refractivity contribution is 0.0996. The van der Waals surface area contributed by atoms with Crippen molar-refractivity contribution in [2.24, 2.45) is 11.5 Å². The summed E-state index contributed by atoms with van der Waals surface area (Å²) in [6.07, 6.45) is 1.42. The van der Waals surface area contributed by atoms with E-state index in [4.69, 9.17) is 16.2 Å². The number of carbonyl (C=O) groups excluding carboxylic acids is 2. The molecule has 0 radical (unpaired) electrons. The van der Waals surface area contributed by atoms with Gasteiger partial charge in [-0.3, -0.25) is 4.79 Å². The van der Waals surface area contributed by atoms with Crippen LogP contribution in [0.4, 0.5) is 14.9 Å². The van der Waals surface area contributed by atoms with E-state index >= 15 is 0 Å². The van der Waals surface area contributed by atoms with E-state index in [-0.39, 0.29) is 17.1 Å². The first-order valence-corrected chi connectivity index (χ1v) is 7.79. The maximum atomic E-state index is 13.9. The molecular weight excluding hydrogens is 353 g/mol. The van der Waals surface area contributed by atoms with Gasteiger partial charge in [0.2, 0.25) is 0 Å². The second-order valence-corrected chi connectivity index (χ2v) is 5.59. The number of primary amides is 2. The Bertz CT molecular complexity index is 1010. The molecule has 0 atom stereocenters. The van der Waals surface area contributed by atoms with E-state index in [2.05, 4.69) is 10.4 Å². The number of amides is 3. The number of anilines is 1. The number of halogens is 1. The van der Waals surface area contributed by atoms with Gasteiger partial charge in [-0.25, -0.2) is 13.9 Å². The number of nitrogens with two attached hydrogens (primary N) is 2. The third-order valence-electron chi connectivity index (χ3n) is 3.82. The predicted octanol–water partition coefficient (Wildman–Crippen LogP) is 2.28. The Morgan fingerprint density at radius 2 is 1.78 bits per heavy atom. The molecule has 9 heteroatoms. The number of ether oxygens (including phenoxy) is 1. The summed E-state index contributed by atoms with van der Waals surface area (Å²) in [5.74, 6) is -1.09. The SMILES string of the molecule is COc1ccc(-c2ccc(-n3cc(NC(N)=O)c(C(N)=O)n3)cc2)cc1F. The van der Waals surface area contributed by atoms with Crippen molar-refractivity contribution in [1.82, 2.24) is 9.78 Å². The normalized spacial score (nSPS) is 10.4. The molecule has 1 aromatic heterocycles. The first-order chi connectivity index (χ1) is 12.9. The Morgan fingerprint density at radius 1 is 1.11 bits per heavy atom. The summed E-state index contributed by atoms with van der Waals surface area (Å²) in [7, 11) is 1.40. The van der Waals surface area contributed by atoms with Crippen molar-refractivity contribution in [2.75, 3.05) is 12.4 Å². The zero-order chi connectivity index (χ0) is 19.6. The Balaban J connectivity index is 1.92. The van der Waals surface area contributed by atoms with Crippen molar-refractivity contribution in [1.29, 1.82) is 0 Å². The average molecular weight is 369 g/mol. The van der Waals surface area contributed by atoms with Crippen LogP contribution in [0, 0.1) is 5.82 Å². The van der Waals surface area contributed by atoms with Gasteiger partial charge in [0.25, 0.3) is 5.91 Å². The molecule has 0 unspecified atom stereocenters. The molecule has 5 N–H and O–H groups in total. The second kappa shape index (κ2) is 7.16. The molecule has 138 valence electrons. The van der Waals surface area contributed by atoms with Gasteiger partial charge >= 0.3 is 6.03 Å². The molecule has 0 aliphatic heterocycles. The molecule has 0 saturated heterocycles. The highest BCUT2D eigenvalue weighted by Gasteiger charge is 2.16. The second-order valence-electron chi connectivity index (χ2n) is 5.59. The molecule has 0 aliphatic rings. The van der Waals surface area contributed by atoms with E-state index < -0.39 is 17.8 Å². The smallest absolute Gasteiger partial charge is 0.316 e. The molecular formula is C18H16FN5O3. The summed E-state index contributed by atoms with van der Waals surface area (Å²) in [4.78, 5) is 22.5. The molecule has 27 heavy (non-hydrogen) atoms. The summed E-state index contributed by atoms with van der Waals surface area (Å²) >= 11 is 0. The van der Waals surface area contributed by atoms with Crippen LogP contribution in [0.15, 0.2) is 48.7 Å². The van der Waals surface area contributed by atoms with Crippen LogP contribution < -0.4 is 21.5 Å². The van der Waals surface area contributed by atoms with Crippen LogP contribution in [-0.4, -0.2) is 28.8 Å². The molecule has 0 bridgehead atoms. The van der Waals surface area contributed by atoms with Crippen LogP contribution in [-0.2, 0) is 0 Å². The molecule has 1 heterocycles. The Kier molecular flexibility index (Phi) is 4.75. The van der Waals surface area contributed by atoms with Crippen LogP contribution >= 0.6 is 0 Å². The number of methoxy groups -OCH3 is 1. The van der Waals surface area contributed by atoms with E-state index in [1.54, 1.807) is 36.4 Å². The van der Waals surface area contributed by atoms with Crippen molar-refractivity contribution in [3.8, 4) is 22.6 Å². The molecule has 0 fully saturated rings. The van der Waals surface area contributed by atoms with Crippen molar-refractivity contribution in [2.45, 2.75) is 0 Å². The van der Waals surface area contributed by atoms with Crippen molar-refractivity contribution >= 4 is 17.6 Å². The van der Waals surface area contributed by atoms with Gasteiger partial charge in [0.05, 0.1) is 24.7 Å². The molecule has 0 aliphatic carbocycles. The number of nitrogens with one attached hydrogen (secondary N) is 1. The van der Waals surface area contributed by atoms with Crippen LogP contribution in [0.1, 0.15) is 10.5 Å². The summed E-state index contributed by atoms with van der Waals surface area (Å²) in [5, 5.41) is 6.37. The van der Waals surface area contributed by atoms with Gasteiger partial charge < -0.3 is 21.5 Å². The molecule has 3 aromatic rings. The first kappa shape index (κ1) is 17.9. The Morgan fingerprint density at radius 3 is 2.33 bits per heavy atom. The summed E-state index contributed by atoms with van der Waals surface area (Å²) in [6, 6.07) is 10.8.